The molecule has 0 bridgehead atoms. The molecule has 1 N–H and O–H groups in total. The molecule has 4 nitrogen and oxygen atoms in total. The van der Waals surface area contributed by atoms with Gasteiger partial charge >= 0.3 is 0 Å². The van der Waals surface area contributed by atoms with E-state index < -0.39 is 0 Å². The molecule has 1 amide bonds. The van der Waals surface area contributed by atoms with Crippen LogP contribution in [0.2, 0.25) is 0 Å². The van der Waals surface area contributed by atoms with Crippen LogP contribution in [0.3, 0.4) is 0 Å². The first-order valence-electron chi connectivity index (χ1n) is 7.17. The molecule has 3 rings (SSSR count). The van der Waals surface area contributed by atoms with Crippen LogP contribution in [0.4, 0.5) is 5.69 Å². The van der Waals surface area contributed by atoms with Crippen LogP contribution in [0, 0.1) is 0 Å². The molecule has 0 fully saturated rings. The van der Waals surface area contributed by atoms with Gasteiger partial charge in [0.15, 0.2) is 4.34 Å². The summed E-state index contributed by atoms with van der Waals surface area (Å²) in [6, 6.07) is 15.4. The fourth-order valence-electron chi connectivity index (χ4n) is 2.04. The number of rotatable bonds is 6. The summed E-state index contributed by atoms with van der Waals surface area (Å²) in [6.45, 7) is 0. The molecule has 1 heterocycles. The molecule has 0 aliphatic rings. The van der Waals surface area contributed by atoms with E-state index in [0.717, 1.165) is 21.3 Å². The van der Waals surface area contributed by atoms with Gasteiger partial charge in [0.05, 0.1) is 17.3 Å². The number of benzene rings is 2. The van der Waals surface area contributed by atoms with Gasteiger partial charge in [-0.3, -0.25) is 4.79 Å². The Kier molecular flexibility index (Phi) is 5.15. The van der Waals surface area contributed by atoms with Gasteiger partial charge in [0.1, 0.15) is 5.75 Å². The predicted octanol–water partition coefficient (Wildman–Crippen LogP) is 4.43. The highest BCUT2D eigenvalue weighted by Gasteiger charge is 2.06. The molecular weight excluding hydrogens is 328 g/mol. The van der Waals surface area contributed by atoms with Crippen LogP contribution in [0.5, 0.6) is 5.75 Å². The van der Waals surface area contributed by atoms with Crippen molar-refractivity contribution in [3.8, 4) is 5.75 Å². The third-order valence-corrected chi connectivity index (χ3v) is 5.38. The number of thioether (sulfide) groups is 1. The Labute approximate surface area is 142 Å². The molecular formula is C17H16N2O2S2. The molecule has 0 spiro atoms. The van der Waals surface area contributed by atoms with E-state index in [0.29, 0.717) is 12.2 Å². The third kappa shape index (κ3) is 4.24. The van der Waals surface area contributed by atoms with E-state index in [9.17, 15) is 4.79 Å². The van der Waals surface area contributed by atoms with E-state index in [2.05, 4.69) is 16.4 Å². The zero-order valence-corrected chi connectivity index (χ0v) is 14.2. The van der Waals surface area contributed by atoms with Crippen LogP contribution in [-0.4, -0.2) is 23.8 Å². The standard InChI is InChI=1S/C17H16N2O2S2/c1-21-13-8-6-12(7-9-13)18-16(20)10-11-22-17-19-14-4-2-3-5-15(14)23-17/h2-9H,10-11H2,1H3,(H,18,20). The summed E-state index contributed by atoms with van der Waals surface area (Å²) in [5.41, 5.74) is 1.79. The minimum absolute atomic E-state index is 0.00350. The molecule has 1 aromatic heterocycles. The van der Waals surface area contributed by atoms with Crippen molar-refractivity contribution in [2.75, 3.05) is 18.2 Å². The lowest BCUT2D eigenvalue weighted by Gasteiger charge is -2.05. The molecule has 2 aromatic carbocycles. The van der Waals surface area contributed by atoms with Gasteiger partial charge in [-0.25, -0.2) is 4.98 Å². The molecule has 0 aliphatic heterocycles. The minimum Gasteiger partial charge on any atom is -0.497 e. The van der Waals surface area contributed by atoms with Crippen LogP contribution in [0.15, 0.2) is 52.9 Å². The first-order valence-corrected chi connectivity index (χ1v) is 8.97. The second kappa shape index (κ2) is 7.48. The Morgan fingerprint density at radius 1 is 1.22 bits per heavy atom. The zero-order valence-electron chi connectivity index (χ0n) is 12.6. The second-order valence-electron chi connectivity index (χ2n) is 4.82. The number of ether oxygens (including phenoxy) is 1. The maximum Gasteiger partial charge on any atom is 0.225 e. The molecule has 118 valence electrons. The van der Waals surface area contributed by atoms with Crippen LogP contribution in [0.25, 0.3) is 10.2 Å². The summed E-state index contributed by atoms with van der Waals surface area (Å²) < 4.78 is 7.27. The van der Waals surface area contributed by atoms with Gasteiger partial charge in [0.25, 0.3) is 0 Å². The van der Waals surface area contributed by atoms with E-state index in [1.807, 2.05) is 42.5 Å². The highest BCUT2D eigenvalue weighted by atomic mass is 32.2. The first-order chi connectivity index (χ1) is 11.2. The molecule has 0 saturated heterocycles. The van der Waals surface area contributed by atoms with Crippen molar-refractivity contribution >= 4 is 44.9 Å². The zero-order chi connectivity index (χ0) is 16.1. The lowest BCUT2D eigenvalue weighted by molar-refractivity contribution is -0.115. The monoisotopic (exact) mass is 344 g/mol. The lowest BCUT2D eigenvalue weighted by atomic mass is 10.3. The summed E-state index contributed by atoms with van der Waals surface area (Å²) in [4.78, 5) is 16.5. The first kappa shape index (κ1) is 15.8. The minimum atomic E-state index is 0.00350. The van der Waals surface area contributed by atoms with Crippen LogP contribution < -0.4 is 10.1 Å². The number of hydrogen-bond acceptors (Lipinski definition) is 5. The smallest absolute Gasteiger partial charge is 0.225 e. The SMILES string of the molecule is COc1ccc(NC(=O)CCSc2nc3ccccc3s2)cc1. The highest BCUT2D eigenvalue weighted by molar-refractivity contribution is 8.01. The van der Waals surface area contributed by atoms with Crippen LogP contribution in [0.1, 0.15) is 6.42 Å². The van der Waals surface area contributed by atoms with Gasteiger partial charge in [-0.1, -0.05) is 23.9 Å². The number of amides is 1. The fraction of sp³-hybridized carbons (Fsp3) is 0.176. The highest BCUT2D eigenvalue weighted by Crippen LogP contribution is 2.29. The van der Waals surface area contributed by atoms with Gasteiger partial charge in [0.2, 0.25) is 5.91 Å². The third-order valence-electron chi connectivity index (χ3n) is 3.20. The van der Waals surface area contributed by atoms with Gasteiger partial charge in [-0.2, -0.15) is 0 Å². The predicted molar refractivity (Wildman–Crippen MR) is 96.6 cm³/mol. The summed E-state index contributed by atoms with van der Waals surface area (Å²) in [5, 5.41) is 2.88. The van der Waals surface area contributed by atoms with Gasteiger partial charge in [-0.05, 0) is 36.4 Å². The summed E-state index contributed by atoms with van der Waals surface area (Å²) in [5.74, 6) is 1.49. The summed E-state index contributed by atoms with van der Waals surface area (Å²) in [7, 11) is 1.62. The molecule has 23 heavy (non-hydrogen) atoms. The maximum absolute atomic E-state index is 12.0. The number of methoxy groups -OCH3 is 1. The van der Waals surface area contributed by atoms with Crippen molar-refractivity contribution in [2.24, 2.45) is 0 Å². The quantitative estimate of drug-likeness (QED) is 0.672. The van der Waals surface area contributed by atoms with Gasteiger partial charge in [0, 0.05) is 17.9 Å². The average Bonchev–Trinajstić information content (AvgIpc) is 2.98. The molecule has 0 radical (unpaired) electrons. The van der Waals surface area contributed by atoms with Crippen LogP contribution in [-0.2, 0) is 4.79 Å². The number of carbonyl (C=O) groups is 1. The fourth-order valence-corrected chi connectivity index (χ4v) is 4.12. The van der Waals surface area contributed by atoms with E-state index >= 15 is 0 Å². The van der Waals surface area contributed by atoms with Crippen molar-refractivity contribution in [3.63, 3.8) is 0 Å². The summed E-state index contributed by atoms with van der Waals surface area (Å²) in [6.07, 6.45) is 0.451. The van der Waals surface area contributed by atoms with E-state index in [1.165, 1.54) is 4.70 Å². The van der Waals surface area contributed by atoms with Crippen molar-refractivity contribution < 1.29 is 9.53 Å². The number of nitrogens with one attached hydrogen (secondary N) is 1. The van der Waals surface area contributed by atoms with Gasteiger partial charge in [-0.15, -0.1) is 11.3 Å². The van der Waals surface area contributed by atoms with Crippen molar-refractivity contribution in [3.05, 3.63) is 48.5 Å². The number of nitrogens with zero attached hydrogens (tertiary/aromatic N) is 1. The number of carbonyl (C=O) groups excluding carboxylic acids is 1. The van der Waals surface area contributed by atoms with Crippen LogP contribution >= 0.6 is 23.1 Å². The molecule has 3 aromatic rings. The topological polar surface area (TPSA) is 51.2 Å². The van der Waals surface area contributed by atoms with E-state index in [1.54, 1.807) is 30.2 Å². The number of para-hydroxylation sites is 1. The Hall–Kier alpha value is -2.05. The van der Waals surface area contributed by atoms with E-state index in [4.69, 9.17) is 4.74 Å². The molecule has 6 heteroatoms. The summed E-state index contributed by atoms with van der Waals surface area (Å²) >= 11 is 3.28. The Bertz CT molecular complexity index is 767. The number of fused-ring (bicyclic) bond motifs is 1. The molecule has 0 unspecified atom stereocenters. The van der Waals surface area contributed by atoms with Crippen molar-refractivity contribution in [1.82, 2.24) is 4.98 Å². The number of hydrogen-bond donors (Lipinski definition) is 1. The molecule has 0 atom stereocenters. The van der Waals surface area contributed by atoms with Gasteiger partial charge < -0.3 is 10.1 Å². The van der Waals surface area contributed by atoms with E-state index in [-0.39, 0.29) is 5.91 Å². The van der Waals surface area contributed by atoms with Crippen molar-refractivity contribution in [2.45, 2.75) is 10.8 Å². The molecule has 0 saturated carbocycles. The molecule has 0 aliphatic carbocycles. The Morgan fingerprint density at radius 2 is 2.00 bits per heavy atom. The normalized spacial score (nSPS) is 10.7. The largest absolute Gasteiger partial charge is 0.497 e. The Morgan fingerprint density at radius 3 is 2.74 bits per heavy atom. The second-order valence-corrected chi connectivity index (χ2v) is 7.20. The average molecular weight is 344 g/mol. The number of aromatic nitrogens is 1. The Balaban J connectivity index is 1.48. The maximum atomic E-state index is 12.0. The van der Waals surface area contributed by atoms with Crippen molar-refractivity contribution in [1.29, 1.82) is 0 Å². The number of anilines is 1. The number of thiazole rings is 1. The lowest BCUT2D eigenvalue weighted by Crippen LogP contribution is -2.11.